The third-order valence-electron chi connectivity index (χ3n) is 3.40. The molecule has 0 atom stereocenters. The van der Waals surface area contributed by atoms with Crippen molar-refractivity contribution in [3.05, 3.63) is 58.7 Å². The highest BCUT2D eigenvalue weighted by molar-refractivity contribution is 6.32. The van der Waals surface area contributed by atoms with Crippen LogP contribution in [0.15, 0.2) is 42.5 Å². The number of alkyl halides is 3. The molecule has 152 valence electrons. The molecular formula is C17H11ClF3N3O5. The van der Waals surface area contributed by atoms with E-state index in [0.29, 0.717) is 5.56 Å². The van der Waals surface area contributed by atoms with Gasteiger partial charge in [0, 0.05) is 6.07 Å². The average molecular weight is 430 g/mol. The van der Waals surface area contributed by atoms with Crippen molar-refractivity contribution in [2.75, 3.05) is 0 Å². The van der Waals surface area contributed by atoms with Gasteiger partial charge >= 0.3 is 12.3 Å². The van der Waals surface area contributed by atoms with Crippen molar-refractivity contribution in [2.24, 2.45) is 0 Å². The van der Waals surface area contributed by atoms with Crippen molar-refractivity contribution < 1.29 is 37.3 Å². The molecule has 0 aliphatic heterocycles. The number of aromatic carboxylic acids is 1. The number of carbonyl (C=O) groups is 1. The number of carboxylic acid groups (broad SMARTS) is 1. The lowest BCUT2D eigenvalue weighted by Gasteiger charge is -2.11. The van der Waals surface area contributed by atoms with E-state index in [4.69, 9.17) is 26.2 Å². The molecule has 12 heteroatoms. The summed E-state index contributed by atoms with van der Waals surface area (Å²) in [6.45, 7) is -0.000191. The fourth-order valence-corrected chi connectivity index (χ4v) is 2.32. The Morgan fingerprint density at radius 1 is 1.14 bits per heavy atom. The second kappa shape index (κ2) is 8.27. The fourth-order valence-electron chi connectivity index (χ4n) is 2.15. The van der Waals surface area contributed by atoms with E-state index >= 15 is 0 Å². The van der Waals surface area contributed by atoms with E-state index in [9.17, 15) is 18.0 Å². The molecule has 3 rings (SSSR count). The molecule has 0 aliphatic rings. The number of rotatable bonds is 7. The highest BCUT2D eigenvalue weighted by Gasteiger charge is 2.30. The molecule has 2 aromatic carbocycles. The molecular weight excluding hydrogens is 419 g/mol. The molecule has 0 saturated carbocycles. The first-order valence-corrected chi connectivity index (χ1v) is 8.18. The van der Waals surface area contributed by atoms with Crippen LogP contribution in [-0.4, -0.2) is 32.8 Å². The van der Waals surface area contributed by atoms with Gasteiger partial charge in [0.2, 0.25) is 5.69 Å². The van der Waals surface area contributed by atoms with E-state index < -0.39 is 12.3 Å². The number of aromatic amines is 1. The van der Waals surface area contributed by atoms with E-state index in [1.807, 2.05) is 0 Å². The standard InChI is InChI=1S/C17H11ClF3N3O5/c18-12-6-5-11(28-15-14(16(25)26)22-24-23-15)7-13(12)27-8-9-1-3-10(4-2-9)29-17(19,20)21/h1-7H,8H2,(H,25,26)(H,22,23,24). The van der Waals surface area contributed by atoms with Crippen molar-refractivity contribution in [3.63, 3.8) is 0 Å². The first-order valence-electron chi connectivity index (χ1n) is 7.80. The van der Waals surface area contributed by atoms with Gasteiger partial charge in [-0.05, 0) is 29.8 Å². The van der Waals surface area contributed by atoms with Gasteiger partial charge < -0.3 is 19.3 Å². The number of halogens is 4. The molecule has 0 radical (unpaired) electrons. The van der Waals surface area contributed by atoms with Gasteiger partial charge in [-0.1, -0.05) is 34.0 Å². The zero-order chi connectivity index (χ0) is 21.0. The minimum atomic E-state index is -4.77. The van der Waals surface area contributed by atoms with Crippen molar-refractivity contribution >= 4 is 17.6 Å². The number of aromatic nitrogens is 3. The Balaban J connectivity index is 1.67. The van der Waals surface area contributed by atoms with Crippen molar-refractivity contribution in [2.45, 2.75) is 13.0 Å². The van der Waals surface area contributed by atoms with Crippen LogP contribution >= 0.6 is 11.6 Å². The number of nitrogens with one attached hydrogen (secondary N) is 1. The lowest BCUT2D eigenvalue weighted by atomic mass is 10.2. The van der Waals surface area contributed by atoms with Crippen LogP contribution in [0.5, 0.6) is 23.1 Å². The summed E-state index contributed by atoms with van der Waals surface area (Å²) in [5, 5.41) is 18.4. The maximum atomic E-state index is 12.2. The van der Waals surface area contributed by atoms with Crippen LogP contribution in [0.25, 0.3) is 0 Å². The Bertz CT molecular complexity index is 1010. The number of H-pyrrole nitrogens is 1. The van der Waals surface area contributed by atoms with Gasteiger partial charge in [0.05, 0.1) is 5.02 Å². The second-order valence-electron chi connectivity index (χ2n) is 5.47. The first-order chi connectivity index (χ1) is 13.7. The maximum absolute atomic E-state index is 12.2. The van der Waals surface area contributed by atoms with Crippen molar-refractivity contribution in [1.82, 2.24) is 15.4 Å². The average Bonchev–Trinajstić information content (AvgIpc) is 3.10. The van der Waals surface area contributed by atoms with Crippen LogP contribution in [0.3, 0.4) is 0 Å². The smallest absolute Gasteiger partial charge is 0.487 e. The normalized spacial score (nSPS) is 11.2. The summed E-state index contributed by atoms with van der Waals surface area (Å²) in [5.41, 5.74) is 0.232. The SMILES string of the molecule is O=C(O)c1[nH]nnc1Oc1ccc(Cl)c(OCc2ccc(OC(F)(F)F)cc2)c1. The zero-order valence-corrected chi connectivity index (χ0v) is 15.0. The molecule has 8 nitrogen and oxygen atoms in total. The molecule has 0 unspecified atom stereocenters. The summed E-state index contributed by atoms with van der Waals surface area (Å²) in [4.78, 5) is 11.0. The van der Waals surface area contributed by atoms with E-state index in [-0.39, 0.29) is 40.5 Å². The first kappa shape index (κ1) is 20.3. The summed E-state index contributed by atoms with van der Waals surface area (Å²) in [7, 11) is 0. The molecule has 0 saturated heterocycles. The minimum absolute atomic E-state index is 0.000191. The van der Waals surface area contributed by atoms with Gasteiger partial charge in [-0.15, -0.1) is 13.2 Å². The molecule has 0 bridgehead atoms. The summed E-state index contributed by atoms with van der Waals surface area (Å²) in [6.07, 6.45) is -4.77. The van der Waals surface area contributed by atoms with Gasteiger partial charge in [0.25, 0.3) is 5.88 Å². The quantitative estimate of drug-likeness (QED) is 0.572. The van der Waals surface area contributed by atoms with E-state index in [1.165, 1.54) is 30.3 Å². The highest BCUT2D eigenvalue weighted by Crippen LogP contribution is 2.32. The zero-order valence-electron chi connectivity index (χ0n) is 14.2. The van der Waals surface area contributed by atoms with Gasteiger partial charge in [-0.3, -0.25) is 0 Å². The third kappa shape index (κ3) is 5.51. The number of hydrogen-bond donors (Lipinski definition) is 2. The Morgan fingerprint density at radius 3 is 2.48 bits per heavy atom. The summed E-state index contributed by atoms with van der Waals surface area (Å²) in [5.74, 6) is -1.49. The largest absolute Gasteiger partial charge is 0.573 e. The molecule has 2 N–H and O–H groups in total. The molecule has 0 amide bonds. The van der Waals surface area contributed by atoms with Crippen molar-refractivity contribution in [3.8, 4) is 23.1 Å². The molecule has 1 heterocycles. The van der Waals surface area contributed by atoms with Crippen molar-refractivity contribution in [1.29, 1.82) is 0 Å². The summed E-state index contributed by atoms with van der Waals surface area (Å²) < 4.78 is 51.3. The number of nitrogens with zero attached hydrogens (tertiary/aromatic N) is 2. The lowest BCUT2D eigenvalue weighted by molar-refractivity contribution is -0.274. The number of hydrogen-bond acceptors (Lipinski definition) is 6. The highest BCUT2D eigenvalue weighted by atomic mass is 35.5. The fraction of sp³-hybridized carbons (Fsp3) is 0.118. The van der Waals surface area contributed by atoms with Gasteiger partial charge in [0.1, 0.15) is 23.9 Å². The van der Waals surface area contributed by atoms with Gasteiger partial charge in [-0.2, -0.15) is 0 Å². The monoisotopic (exact) mass is 429 g/mol. The molecule has 0 aliphatic carbocycles. The Hall–Kier alpha value is -3.47. The minimum Gasteiger partial charge on any atom is -0.487 e. The van der Waals surface area contributed by atoms with Crippen LogP contribution in [-0.2, 0) is 6.61 Å². The molecule has 0 spiro atoms. The predicted octanol–water partition coefficient (Wildman–Crippen LogP) is 4.43. The molecule has 0 fully saturated rings. The van der Waals surface area contributed by atoms with Gasteiger partial charge in [-0.25, -0.2) is 9.89 Å². The summed E-state index contributed by atoms with van der Waals surface area (Å²) in [6, 6.07) is 9.47. The maximum Gasteiger partial charge on any atom is 0.573 e. The lowest BCUT2D eigenvalue weighted by Crippen LogP contribution is -2.17. The van der Waals surface area contributed by atoms with Crippen LogP contribution in [0.4, 0.5) is 13.2 Å². The Morgan fingerprint density at radius 2 is 1.83 bits per heavy atom. The van der Waals surface area contributed by atoms with E-state index in [1.54, 1.807) is 0 Å². The van der Waals surface area contributed by atoms with Crippen LogP contribution in [0, 0.1) is 0 Å². The molecule has 29 heavy (non-hydrogen) atoms. The number of carboxylic acids is 1. The molecule has 3 aromatic rings. The number of benzene rings is 2. The Labute approximate surface area is 165 Å². The second-order valence-corrected chi connectivity index (χ2v) is 5.88. The van der Waals surface area contributed by atoms with E-state index in [0.717, 1.165) is 12.1 Å². The van der Waals surface area contributed by atoms with E-state index in [2.05, 4.69) is 20.1 Å². The summed E-state index contributed by atoms with van der Waals surface area (Å²) >= 11 is 6.07. The van der Waals surface area contributed by atoms with Crippen LogP contribution in [0.1, 0.15) is 16.1 Å². The number of ether oxygens (including phenoxy) is 3. The third-order valence-corrected chi connectivity index (χ3v) is 3.71. The van der Waals surface area contributed by atoms with Gasteiger partial charge in [0.15, 0.2) is 0 Å². The predicted molar refractivity (Wildman–Crippen MR) is 92.3 cm³/mol. The Kier molecular flexibility index (Phi) is 5.78. The topological polar surface area (TPSA) is 107 Å². The van der Waals surface area contributed by atoms with Crippen LogP contribution in [0.2, 0.25) is 5.02 Å². The van der Waals surface area contributed by atoms with Crippen LogP contribution < -0.4 is 14.2 Å². The molecule has 1 aromatic heterocycles.